The predicted octanol–water partition coefficient (Wildman–Crippen LogP) is 1.70. The van der Waals surface area contributed by atoms with Gasteiger partial charge in [0.2, 0.25) is 0 Å². The van der Waals surface area contributed by atoms with Crippen LogP contribution in [0.1, 0.15) is 47.0 Å². The number of aromatic carboxylic acids is 1. The first-order valence-electron chi connectivity index (χ1n) is 6.12. The van der Waals surface area contributed by atoms with Crippen LogP contribution in [0.25, 0.3) is 0 Å². The Hall–Kier alpha value is -1.91. The number of aromatic nitrogens is 1. The lowest BCUT2D eigenvalue weighted by Gasteiger charge is -2.04. The van der Waals surface area contributed by atoms with Gasteiger partial charge in [-0.05, 0) is 30.9 Å². The van der Waals surface area contributed by atoms with Gasteiger partial charge in [-0.3, -0.25) is 9.78 Å². The van der Waals surface area contributed by atoms with Gasteiger partial charge in [0.25, 0.3) is 5.91 Å². The number of rotatable bonds is 5. The van der Waals surface area contributed by atoms with E-state index < -0.39 is 5.97 Å². The fourth-order valence-electron chi connectivity index (χ4n) is 2.04. The van der Waals surface area contributed by atoms with Crippen molar-refractivity contribution < 1.29 is 14.7 Å². The Morgan fingerprint density at radius 2 is 2.33 bits per heavy atom. The zero-order valence-corrected chi connectivity index (χ0v) is 10.2. The van der Waals surface area contributed by atoms with Crippen molar-refractivity contribution in [3.63, 3.8) is 0 Å². The number of carboxylic acids is 1. The number of hydrogen-bond donors (Lipinski definition) is 2. The zero-order chi connectivity index (χ0) is 13.1. The first kappa shape index (κ1) is 12.5. The molecule has 1 aromatic heterocycles. The van der Waals surface area contributed by atoms with Crippen LogP contribution in [-0.2, 0) is 0 Å². The van der Waals surface area contributed by atoms with Crippen LogP contribution in [0, 0.1) is 5.92 Å². The molecule has 5 heteroatoms. The molecular formula is C13H16N2O3. The maximum Gasteiger partial charge on any atom is 0.335 e. The van der Waals surface area contributed by atoms with E-state index in [1.54, 1.807) is 0 Å². The predicted molar refractivity (Wildman–Crippen MR) is 65.5 cm³/mol. The van der Waals surface area contributed by atoms with Crippen LogP contribution in [-0.4, -0.2) is 28.0 Å². The molecule has 0 radical (unpaired) electrons. The second-order valence-electron chi connectivity index (χ2n) is 4.60. The Labute approximate surface area is 105 Å². The second-order valence-corrected chi connectivity index (χ2v) is 4.60. The molecule has 0 bridgehead atoms. The van der Waals surface area contributed by atoms with Crippen LogP contribution in [0.4, 0.5) is 0 Å². The van der Waals surface area contributed by atoms with Crippen LogP contribution >= 0.6 is 0 Å². The number of nitrogens with zero attached hydrogens (tertiary/aromatic N) is 1. The second kappa shape index (κ2) is 5.16. The van der Waals surface area contributed by atoms with Gasteiger partial charge in [-0.2, -0.15) is 0 Å². The average molecular weight is 248 g/mol. The number of nitrogens with one attached hydrogen (secondary N) is 1. The van der Waals surface area contributed by atoms with Gasteiger partial charge < -0.3 is 10.4 Å². The van der Waals surface area contributed by atoms with Crippen molar-refractivity contribution in [3.8, 4) is 0 Å². The fourth-order valence-corrected chi connectivity index (χ4v) is 2.04. The molecule has 18 heavy (non-hydrogen) atoms. The van der Waals surface area contributed by atoms with E-state index in [9.17, 15) is 9.59 Å². The van der Waals surface area contributed by atoms with Gasteiger partial charge >= 0.3 is 5.97 Å². The smallest absolute Gasteiger partial charge is 0.335 e. The molecule has 1 fully saturated rings. The van der Waals surface area contributed by atoms with Gasteiger partial charge in [0.05, 0.1) is 5.56 Å². The molecule has 1 aromatic rings. The summed E-state index contributed by atoms with van der Waals surface area (Å²) in [7, 11) is 0. The highest BCUT2D eigenvalue weighted by Gasteiger charge is 2.37. The van der Waals surface area contributed by atoms with Crippen molar-refractivity contribution >= 4 is 11.9 Å². The summed E-state index contributed by atoms with van der Waals surface area (Å²) in [5.74, 6) is -0.773. The van der Waals surface area contributed by atoms with E-state index in [1.807, 2.05) is 0 Å². The third-order valence-electron chi connectivity index (χ3n) is 3.14. The highest BCUT2D eigenvalue weighted by Crippen LogP contribution is 2.34. The van der Waals surface area contributed by atoms with Gasteiger partial charge in [-0.15, -0.1) is 0 Å². The number of amides is 1. The third kappa shape index (κ3) is 2.85. The maximum atomic E-state index is 11.9. The topological polar surface area (TPSA) is 79.3 Å². The van der Waals surface area contributed by atoms with Crippen molar-refractivity contribution in [1.29, 1.82) is 0 Å². The standard InChI is InChI=1S/C13H16N2O3/c1-2-3-8-6-10(8)15-12(16)11-7-9(13(17)18)4-5-14-11/h4-5,7-8,10H,2-3,6H2,1H3,(H,15,16)(H,17,18). The van der Waals surface area contributed by atoms with Crippen molar-refractivity contribution in [2.75, 3.05) is 0 Å². The summed E-state index contributed by atoms with van der Waals surface area (Å²) in [5.41, 5.74) is 0.244. The minimum Gasteiger partial charge on any atom is -0.478 e. The molecule has 0 spiro atoms. The van der Waals surface area contributed by atoms with Gasteiger partial charge in [-0.25, -0.2) is 4.79 Å². The van der Waals surface area contributed by atoms with Crippen LogP contribution in [0.2, 0.25) is 0 Å². The lowest BCUT2D eigenvalue weighted by molar-refractivity contribution is 0.0696. The van der Waals surface area contributed by atoms with Crippen molar-refractivity contribution in [2.24, 2.45) is 5.92 Å². The van der Waals surface area contributed by atoms with E-state index in [2.05, 4.69) is 17.2 Å². The normalized spacial score (nSPS) is 21.4. The van der Waals surface area contributed by atoms with Gasteiger partial charge in [0.15, 0.2) is 0 Å². The molecule has 1 aliphatic carbocycles. The SMILES string of the molecule is CCCC1CC1NC(=O)c1cc(C(=O)O)ccn1. The first-order chi connectivity index (χ1) is 8.61. The molecule has 0 aromatic carbocycles. The molecular weight excluding hydrogens is 232 g/mol. The summed E-state index contributed by atoms with van der Waals surface area (Å²) in [6.45, 7) is 2.12. The molecule has 2 unspecified atom stereocenters. The number of pyridine rings is 1. The molecule has 5 nitrogen and oxygen atoms in total. The summed E-state index contributed by atoms with van der Waals surface area (Å²) in [4.78, 5) is 26.5. The summed E-state index contributed by atoms with van der Waals surface area (Å²) in [5, 5.41) is 11.7. The van der Waals surface area contributed by atoms with Crippen molar-refractivity contribution in [2.45, 2.75) is 32.2 Å². The number of hydrogen-bond acceptors (Lipinski definition) is 3. The summed E-state index contributed by atoms with van der Waals surface area (Å²) >= 11 is 0. The van der Waals surface area contributed by atoms with E-state index in [1.165, 1.54) is 18.3 Å². The maximum absolute atomic E-state index is 11.9. The van der Waals surface area contributed by atoms with Crippen molar-refractivity contribution in [1.82, 2.24) is 10.3 Å². The largest absolute Gasteiger partial charge is 0.478 e. The van der Waals surface area contributed by atoms with E-state index >= 15 is 0 Å². The number of carbonyl (C=O) groups excluding carboxylic acids is 1. The minimum absolute atomic E-state index is 0.0797. The van der Waals surface area contributed by atoms with Gasteiger partial charge in [0, 0.05) is 12.2 Å². The first-order valence-corrected chi connectivity index (χ1v) is 6.12. The highest BCUT2D eigenvalue weighted by atomic mass is 16.4. The highest BCUT2D eigenvalue weighted by molar-refractivity contribution is 5.96. The molecule has 0 aliphatic heterocycles. The molecule has 1 amide bonds. The molecule has 2 atom stereocenters. The Morgan fingerprint density at radius 1 is 1.56 bits per heavy atom. The molecule has 1 saturated carbocycles. The summed E-state index contributed by atoms with van der Waals surface area (Å²) in [6, 6.07) is 2.90. The fraction of sp³-hybridized carbons (Fsp3) is 0.462. The third-order valence-corrected chi connectivity index (χ3v) is 3.14. The molecule has 2 rings (SSSR count). The van der Waals surface area contributed by atoms with Crippen LogP contribution < -0.4 is 5.32 Å². The summed E-state index contributed by atoms with van der Waals surface area (Å²) in [6.07, 6.45) is 4.59. The quantitative estimate of drug-likeness (QED) is 0.831. The van der Waals surface area contributed by atoms with Gasteiger partial charge in [0.1, 0.15) is 5.69 Å². The van der Waals surface area contributed by atoms with Crippen LogP contribution in [0.5, 0.6) is 0 Å². The Morgan fingerprint density at radius 3 is 3.00 bits per heavy atom. The Bertz CT molecular complexity index is 473. The lowest BCUT2D eigenvalue weighted by atomic mass is 10.2. The number of carboxylic acid groups (broad SMARTS) is 1. The van der Waals surface area contributed by atoms with E-state index in [-0.39, 0.29) is 23.2 Å². The average Bonchev–Trinajstić information content (AvgIpc) is 3.08. The van der Waals surface area contributed by atoms with Crippen LogP contribution in [0.3, 0.4) is 0 Å². The summed E-state index contributed by atoms with van der Waals surface area (Å²) < 4.78 is 0. The molecule has 0 saturated heterocycles. The van der Waals surface area contributed by atoms with Gasteiger partial charge in [-0.1, -0.05) is 13.3 Å². The molecule has 1 aliphatic rings. The van der Waals surface area contributed by atoms with Crippen molar-refractivity contribution in [3.05, 3.63) is 29.6 Å². The lowest BCUT2D eigenvalue weighted by Crippen LogP contribution is -2.27. The van der Waals surface area contributed by atoms with Crippen LogP contribution in [0.15, 0.2) is 18.3 Å². The monoisotopic (exact) mass is 248 g/mol. The zero-order valence-electron chi connectivity index (χ0n) is 10.2. The molecule has 96 valence electrons. The Balaban J connectivity index is 1.97. The Kier molecular flexibility index (Phi) is 3.60. The molecule has 1 heterocycles. The molecule has 2 N–H and O–H groups in total. The minimum atomic E-state index is -1.05. The van der Waals surface area contributed by atoms with E-state index in [0.29, 0.717) is 5.92 Å². The van der Waals surface area contributed by atoms with E-state index in [0.717, 1.165) is 19.3 Å². The number of carbonyl (C=O) groups is 2. The van der Waals surface area contributed by atoms with E-state index in [4.69, 9.17) is 5.11 Å².